The molecular weight excluding hydrogens is 309 g/mol. The molecule has 0 unspecified atom stereocenters. The largest absolute Gasteiger partial charge is 0.486 e. The van der Waals surface area contributed by atoms with Crippen LogP contribution in [0.1, 0.15) is 11.1 Å². The molecule has 2 amide bonds. The molecule has 7 heteroatoms. The molecule has 0 aliphatic rings. The van der Waals surface area contributed by atoms with Gasteiger partial charge in [-0.2, -0.15) is 5.10 Å². The Kier molecular flexibility index (Phi) is 5.32. The van der Waals surface area contributed by atoms with E-state index in [9.17, 15) is 9.18 Å². The number of ether oxygens (including phenoxy) is 1. The molecule has 5 nitrogen and oxygen atoms in total. The number of hydrogen-bond donors (Lipinski definition) is 2. The van der Waals surface area contributed by atoms with E-state index in [4.69, 9.17) is 22.1 Å². The fourth-order valence-corrected chi connectivity index (χ4v) is 1.89. The third kappa shape index (κ3) is 4.75. The zero-order chi connectivity index (χ0) is 15.9. The zero-order valence-corrected chi connectivity index (χ0v) is 12.2. The van der Waals surface area contributed by atoms with Gasteiger partial charge in [0.2, 0.25) is 0 Å². The minimum absolute atomic E-state index is 0.111. The van der Waals surface area contributed by atoms with Gasteiger partial charge < -0.3 is 10.5 Å². The Morgan fingerprint density at radius 1 is 1.36 bits per heavy atom. The van der Waals surface area contributed by atoms with Crippen LogP contribution in [0.25, 0.3) is 0 Å². The van der Waals surface area contributed by atoms with Crippen molar-refractivity contribution in [2.24, 2.45) is 10.8 Å². The third-order valence-corrected chi connectivity index (χ3v) is 2.86. The van der Waals surface area contributed by atoms with Crippen molar-refractivity contribution >= 4 is 23.8 Å². The summed E-state index contributed by atoms with van der Waals surface area (Å²) in [6, 6.07) is 10.6. The normalized spacial score (nSPS) is 10.6. The van der Waals surface area contributed by atoms with Crippen LogP contribution in [0.15, 0.2) is 47.6 Å². The van der Waals surface area contributed by atoms with Gasteiger partial charge in [-0.15, -0.1) is 0 Å². The van der Waals surface area contributed by atoms with Crippen molar-refractivity contribution in [2.45, 2.75) is 6.61 Å². The number of urea groups is 1. The highest BCUT2D eigenvalue weighted by Gasteiger charge is 2.05. The number of hydrazone groups is 1. The Labute approximate surface area is 131 Å². The van der Waals surface area contributed by atoms with Crippen molar-refractivity contribution in [3.05, 3.63) is 64.4 Å². The molecule has 0 bridgehead atoms. The Bertz CT molecular complexity index is 707. The van der Waals surface area contributed by atoms with Gasteiger partial charge in [0.15, 0.2) is 11.6 Å². The Morgan fingerprint density at radius 3 is 2.86 bits per heavy atom. The van der Waals surface area contributed by atoms with Gasteiger partial charge in [0.05, 0.1) is 6.21 Å². The minimum Gasteiger partial charge on any atom is -0.486 e. The maximum atomic E-state index is 13.9. The molecule has 0 aromatic heterocycles. The third-order valence-electron chi connectivity index (χ3n) is 2.63. The van der Waals surface area contributed by atoms with E-state index in [1.54, 1.807) is 24.3 Å². The van der Waals surface area contributed by atoms with Crippen LogP contribution in [0.3, 0.4) is 0 Å². The molecule has 0 heterocycles. The van der Waals surface area contributed by atoms with Crippen LogP contribution in [0, 0.1) is 5.82 Å². The molecule has 2 rings (SSSR count). The van der Waals surface area contributed by atoms with E-state index in [1.165, 1.54) is 18.3 Å². The van der Waals surface area contributed by atoms with Crippen molar-refractivity contribution in [1.82, 2.24) is 5.43 Å². The molecule has 3 N–H and O–H groups in total. The fraction of sp³-hybridized carbons (Fsp3) is 0.0667. The first kappa shape index (κ1) is 15.8. The lowest BCUT2D eigenvalue weighted by Gasteiger charge is -2.08. The molecule has 2 aromatic carbocycles. The highest BCUT2D eigenvalue weighted by Crippen LogP contribution is 2.20. The number of halogens is 2. The average Bonchev–Trinajstić information content (AvgIpc) is 2.46. The van der Waals surface area contributed by atoms with Crippen molar-refractivity contribution in [2.75, 3.05) is 0 Å². The maximum Gasteiger partial charge on any atom is 0.332 e. The van der Waals surface area contributed by atoms with Crippen LogP contribution in [0.4, 0.5) is 9.18 Å². The number of nitrogens with two attached hydrogens (primary N) is 1. The van der Waals surface area contributed by atoms with Gasteiger partial charge in [-0.25, -0.2) is 14.6 Å². The van der Waals surface area contributed by atoms with Crippen molar-refractivity contribution in [1.29, 1.82) is 0 Å². The zero-order valence-electron chi connectivity index (χ0n) is 11.4. The molecule has 2 aromatic rings. The highest BCUT2D eigenvalue weighted by molar-refractivity contribution is 6.30. The predicted octanol–water partition coefficient (Wildman–Crippen LogP) is 3.06. The number of nitrogens with zero attached hydrogens (tertiary/aromatic N) is 1. The Hall–Kier alpha value is -2.60. The van der Waals surface area contributed by atoms with Crippen LogP contribution in [-0.4, -0.2) is 12.2 Å². The fourth-order valence-electron chi connectivity index (χ4n) is 1.67. The molecule has 0 saturated carbocycles. The van der Waals surface area contributed by atoms with E-state index in [0.29, 0.717) is 10.6 Å². The van der Waals surface area contributed by atoms with Crippen LogP contribution in [0.2, 0.25) is 5.02 Å². The topological polar surface area (TPSA) is 76.7 Å². The summed E-state index contributed by atoms with van der Waals surface area (Å²) < 4.78 is 19.3. The first-order chi connectivity index (χ1) is 10.5. The second-order valence-electron chi connectivity index (χ2n) is 4.34. The van der Waals surface area contributed by atoms with Gasteiger partial charge in [0.1, 0.15) is 6.61 Å². The van der Waals surface area contributed by atoms with Gasteiger partial charge in [-0.1, -0.05) is 23.7 Å². The summed E-state index contributed by atoms with van der Waals surface area (Å²) in [7, 11) is 0. The van der Waals surface area contributed by atoms with E-state index >= 15 is 0 Å². The van der Waals surface area contributed by atoms with Crippen molar-refractivity contribution in [3.8, 4) is 5.75 Å². The summed E-state index contributed by atoms with van der Waals surface area (Å²) >= 11 is 5.87. The first-order valence-electron chi connectivity index (χ1n) is 6.30. The number of primary amides is 1. The molecule has 0 atom stereocenters. The summed E-state index contributed by atoms with van der Waals surface area (Å²) in [5.41, 5.74) is 8.17. The average molecular weight is 322 g/mol. The predicted molar refractivity (Wildman–Crippen MR) is 82.5 cm³/mol. The minimum atomic E-state index is -0.793. The molecule has 0 fully saturated rings. The molecule has 0 radical (unpaired) electrons. The Morgan fingerprint density at radius 2 is 2.18 bits per heavy atom. The first-order valence-corrected chi connectivity index (χ1v) is 6.67. The standard InChI is InChI=1S/C15H13ClFN3O2/c16-12-3-1-2-11(6-12)9-22-14-5-4-10(7-13(14)17)8-19-20-15(18)21/h1-8H,9H2,(H3,18,20,21). The van der Waals surface area contributed by atoms with Crippen molar-refractivity contribution in [3.63, 3.8) is 0 Å². The smallest absolute Gasteiger partial charge is 0.332 e. The number of carbonyl (C=O) groups is 1. The highest BCUT2D eigenvalue weighted by atomic mass is 35.5. The lowest BCUT2D eigenvalue weighted by Crippen LogP contribution is -2.24. The molecule has 0 saturated heterocycles. The monoisotopic (exact) mass is 321 g/mol. The quantitative estimate of drug-likeness (QED) is 0.656. The van der Waals surface area contributed by atoms with Crippen LogP contribution >= 0.6 is 11.6 Å². The summed E-state index contributed by atoms with van der Waals surface area (Å²) in [5.74, 6) is -0.426. The molecular formula is C15H13ClFN3O2. The van der Waals surface area contributed by atoms with Gasteiger partial charge in [-0.3, -0.25) is 0 Å². The lowest BCUT2D eigenvalue weighted by molar-refractivity contribution is 0.249. The lowest BCUT2D eigenvalue weighted by atomic mass is 10.2. The number of amides is 2. The SMILES string of the molecule is NC(=O)NN=Cc1ccc(OCc2cccc(Cl)c2)c(F)c1. The number of hydrogen-bond acceptors (Lipinski definition) is 3. The number of carbonyl (C=O) groups excluding carboxylic acids is 1. The van der Waals surface area contributed by atoms with Crippen LogP contribution < -0.4 is 15.9 Å². The van der Waals surface area contributed by atoms with Gasteiger partial charge in [-0.05, 0) is 41.5 Å². The van der Waals surface area contributed by atoms with Crippen molar-refractivity contribution < 1.29 is 13.9 Å². The number of rotatable bonds is 5. The second-order valence-corrected chi connectivity index (χ2v) is 4.78. The molecule has 0 aliphatic heterocycles. The van der Waals surface area contributed by atoms with Crippen LogP contribution in [-0.2, 0) is 6.61 Å². The Balaban J connectivity index is 2.00. The summed E-state index contributed by atoms with van der Waals surface area (Å²) in [6.45, 7) is 0.203. The summed E-state index contributed by atoms with van der Waals surface area (Å²) in [4.78, 5) is 10.4. The van der Waals surface area contributed by atoms with E-state index in [-0.39, 0.29) is 12.4 Å². The molecule has 114 valence electrons. The van der Waals surface area contributed by atoms with Gasteiger partial charge in [0, 0.05) is 5.02 Å². The second kappa shape index (κ2) is 7.42. The van der Waals surface area contributed by atoms with Gasteiger partial charge in [0.25, 0.3) is 0 Å². The molecule has 0 aliphatic carbocycles. The number of benzene rings is 2. The maximum absolute atomic E-state index is 13.9. The molecule has 0 spiro atoms. The summed E-state index contributed by atoms with van der Waals surface area (Å²) in [6.07, 6.45) is 1.27. The summed E-state index contributed by atoms with van der Waals surface area (Å²) in [5, 5.41) is 4.14. The molecule has 22 heavy (non-hydrogen) atoms. The van der Waals surface area contributed by atoms with E-state index < -0.39 is 11.8 Å². The van der Waals surface area contributed by atoms with Gasteiger partial charge >= 0.3 is 6.03 Å². The number of nitrogens with one attached hydrogen (secondary N) is 1. The van der Waals surface area contributed by atoms with Crippen LogP contribution in [0.5, 0.6) is 5.75 Å². The van der Waals surface area contributed by atoms with E-state index in [2.05, 4.69) is 5.10 Å². The van der Waals surface area contributed by atoms with E-state index in [1.807, 2.05) is 11.5 Å². The van der Waals surface area contributed by atoms with E-state index in [0.717, 1.165) is 5.56 Å².